The number of ether oxygens (including phenoxy) is 2. The Bertz CT molecular complexity index is 392. The molecule has 1 aromatic rings. The molecule has 1 saturated heterocycles. The maximum Gasteiger partial charge on any atom is 0.191 e. The zero-order valence-electron chi connectivity index (χ0n) is 9.66. The van der Waals surface area contributed by atoms with Gasteiger partial charge in [0.05, 0.1) is 7.11 Å². The monoisotopic (exact) mass is 220 g/mol. The molecule has 0 spiro atoms. The third kappa shape index (κ3) is 2.09. The van der Waals surface area contributed by atoms with Crippen molar-refractivity contribution < 1.29 is 14.3 Å². The second-order valence-electron chi connectivity index (χ2n) is 4.05. The van der Waals surface area contributed by atoms with Crippen molar-refractivity contribution >= 4 is 5.78 Å². The van der Waals surface area contributed by atoms with Gasteiger partial charge in [0.2, 0.25) is 0 Å². The van der Waals surface area contributed by atoms with E-state index >= 15 is 0 Å². The second-order valence-corrected chi connectivity index (χ2v) is 4.05. The van der Waals surface area contributed by atoms with Crippen LogP contribution < -0.4 is 4.74 Å². The van der Waals surface area contributed by atoms with Gasteiger partial charge in [0.1, 0.15) is 11.9 Å². The van der Waals surface area contributed by atoms with Crippen molar-refractivity contribution in [3.8, 4) is 5.75 Å². The average Bonchev–Trinajstić information content (AvgIpc) is 2.81. The average molecular weight is 220 g/mol. The molecule has 0 aliphatic carbocycles. The maximum absolute atomic E-state index is 12.0. The molecule has 0 N–H and O–H groups in total. The molecule has 0 aromatic heterocycles. The molecule has 3 nitrogen and oxygen atoms in total. The number of aryl methyl sites for hydroxylation is 1. The summed E-state index contributed by atoms with van der Waals surface area (Å²) in [4.78, 5) is 12.0. The van der Waals surface area contributed by atoms with Crippen LogP contribution in [0.5, 0.6) is 5.75 Å². The lowest BCUT2D eigenvalue weighted by atomic mass is 10.0. The van der Waals surface area contributed by atoms with E-state index in [2.05, 4.69) is 0 Å². The highest BCUT2D eigenvalue weighted by molar-refractivity contribution is 5.99. The number of methoxy groups -OCH3 is 1. The predicted molar refractivity (Wildman–Crippen MR) is 61.0 cm³/mol. The van der Waals surface area contributed by atoms with E-state index in [0.29, 0.717) is 12.2 Å². The van der Waals surface area contributed by atoms with Crippen LogP contribution in [0, 0.1) is 6.92 Å². The number of hydrogen-bond donors (Lipinski definition) is 0. The molecule has 0 radical (unpaired) electrons. The number of carbonyl (C=O) groups is 1. The van der Waals surface area contributed by atoms with E-state index in [1.165, 1.54) is 0 Å². The molecule has 1 fully saturated rings. The fourth-order valence-electron chi connectivity index (χ4n) is 2.00. The zero-order chi connectivity index (χ0) is 11.5. The summed E-state index contributed by atoms with van der Waals surface area (Å²) in [6.45, 7) is 2.64. The van der Waals surface area contributed by atoms with E-state index < -0.39 is 0 Å². The van der Waals surface area contributed by atoms with Gasteiger partial charge in [0, 0.05) is 12.2 Å². The second kappa shape index (κ2) is 4.66. The van der Waals surface area contributed by atoms with Gasteiger partial charge in [-0.1, -0.05) is 0 Å². The quantitative estimate of drug-likeness (QED) is 0.733. The van der Waals surface area contributed by atoms with Crippen LogP contribution in [0.15, 0.2) is 18.2 Å². The topological polar surface area (TPSA) is 35.5 Å². The molecule has 1 aromatic carbocycles. The third-order valence-electron chi connectivity index (χ3n) is 2.90. The molecular formula is C13H16O3. The number of carbonyl (C=O) groups excluding carboxylic acids is 1. The van der Waals surface area contributed by atoms with E-state index in [1.54, 1.807) is 13.2 Å². The van der Waals surface area contributed by atoms with Gasteiger partial charge in [0.25, 0.3) is 0 Å². The minimum Gasteiger partial charge on any atom is -0.496 e. The first-order valence-electron chi connectivity index (χ1n) is 5.53. The van der Waals surface area contributed by atoms with Crippen LogP contribution in [-0.4, -0.2) is 25.6 Å². The molecule has 16 heavy (non-hydrogen) atoms. The van der Waals surface area contributed by atoms with Crippen molar-refractivity contribution in [2.45, 2.75) is 25.9 Å². The Morgan fingerprint density at radius 1 is 1.50 bits per heavy atom. The van der Waals surface area contributed by atoms with E-state index in [4.69, 9.17) is 9.47 Å². The molecule has 0 saturated carbocycles. The minimum atomic E-state index is -0.243. The first-order valence-corrected chi connectivity index (χ1v) is 5.53. The Morgan fingerprint density at radius 2 is 2.31 bits per heavy atom. The predicted octanol–water partition coefficient (Wildman–Crippen LogP) is 2.37. The highest BCUT2D eigenvalue weighted by atomic mass is 16.5. The van der Waals surface area contributed by atoms with Crippen LogP contribution in [0.2, 0.25) is 0 Å². The van der Waals surface area contributed by atoms with E-state index in [-0.39, 0.29) is 11.9 Å². The molecule has 0 bridgehead atoms. The number of Topliss-reactive ketones (excluding diaryl/α,β-unsaturated/α-hetero) is 1. The zero-order valence-corrected chi connectivity index (χ0v) is 9.66. The van der Waals surface area contributed by atoms with Crippen LogP contribution in [0.3, 0.4) is 0 Å². The van der Waals surface area contributed by atoms with Crippen LogP contribution in [-0.2, 0) is 4.74 Å². The van der Waals surface area contributed by atoms with Gasteiger partial charge in [-0.15, -0.1) is 0 Å². The lowest BCUT2D eigenvalue weighted by Crippen LogP contribution is -2.19. The molecule has 86 valence electrons. The van der Waals surface area contributed by atoms with Gasteiger partial charge in [-0.3, -0.25) is 4.79 Å². The summed E-state index contributed by atoms with van der Waals surface area (Å²) >= 11 is 0. The Morgan fingerprint density at radius 3 is 2.88 bits per heavy atom. The van der Waals surface area contributed by atoms with Gasteiger partial charge in [-0.2, -0.15) is 0 Å². The summed E-state index contributed by atoms with van der Waals surface area (Å²) in [6.07, 6.45) is 1.57. The first-order chi connectivity index (χ1) is 7.72. The molecule has 1 aliphatic heterocycles. The minimum absolute atomic E-state index is 0.0863. The molecular weight excluding hydrogens is 204 g/mol. The van der Waals surface area contributed by atoms with Crippen molar-refractivity contribution in [3.05, 3.63) is 29.3 Å². The number of ketones is 1. The van der Waals surface area contributed by atoms with Gasteiger partial charge < -0.3 is 9.47 Å². The summed E-state index contributed by atoms with van der Waals surface area (Å²) < 4.78 is 10.5. The van der Waals surface area contributed by atoms with Gasteiger partial charge in [-0.05, 0) is 43.5 Å². The number of benzene rings is 1. The van der Waals surface area contributed by atoms with E-state index in [9.17, 15) is 4.79 Å². The molecule has 0 amide bonds. The lowest BCUT2D eigenvalue weighted by Gasteiger charge is -2.10. The van der Waals surface area contributed by atoms with E-state index in [0.717, 1.165) is 24.2 Å². The van der Waals surface area contributed by atoms with Gasteiger partial charge in [-0.25, -0.2) is 0 Å². The standard InChI is InChI=1S/C13H16O3/c1-9-8-10(5-6-11(9)15-2)13(14)12-4-3-7-16-12/h5-6,8,12H,3-4,7H2,1-2H3. The van der Waals surface area contributed by atoms with E-state index in [1.807, 2.05) is 19.1 Å². The molecule has 2 rings (SSSR count). The normalized spacial score (nSPS) is 19.8. The van der Waals surface area contributed by atoms with Crippen molar-refractivity contribution in [2.75, 3.05) is 13.7 Å². The Hall–Kier alpha value is -1.35. The highest BCUT2D eigenvalue weighted by Crippen LogP contribution is 2.22. The largest absolute Gasteiger partial charge is 0.496 e. The van der Waals surface area contributed by atoms with Crippen LogP contribution >= 0.6 is 0 Å². The molecule has 3 heteroatoms. The molecule has 1 atom stereocenters. The number of hydrogen-bond acceptors (Lipinski definition) is 3. The van der Waals surface area contributed by atoms with Crippen molar-refractivity contribution in [1.82, 2.24) is 0 Å². The van der Waals surface area contributed by atoms with Crippen LogP contribution in [0.4, 0.5) is 0 Å². The lowest BCUT2D eigenvalue weighted by molar-refractivity contribution is 0.0643. The smallest absolute Gasteiger partial charge is 0.191 e. The number of rotatable bonds is 3. The summed E-state index contributed by atoms with van der Waals surface area (Å²) in [7, 11) is 1.63. The summed E-state index contributed by atoms with van der Waals surface area (Å²) in [5.41, 5.74) is 1.69. The summed E-state index contributed by atoms with van der Waals surface area (Å²) in [6, 6.07) is 5.50. The van der Waals surface area contributed by atoms with Crippen LogP contribution in [0.1, 0.15) is 28.8 Å². The summed E-state index contributed by atoms with van der Waals surface area (Å²) in [5, 5.41) is 0. The van der Waals surface area contributed by atoms with Crippen molar-refractivity contribution in [1.29, 1.82) is 0 Å². The Kier molecular flexibility index (Phi) is 3.25. The summed E-state index contributed by atoms with van der Waals surface area (Å²) in [5.74, 6) is 0.896. The fraction of sp³-hybridized carbons (Fsp3) is 0.462. The Labute approximate surface area is 95.4 Å². The fourth-order valence-corrected chi connectivity index (χ4v) is 2.00. The van der Waals surface area contributed by atoms with Gasteiger partial charge >= 0.3 is 0 Å². The SMILES string of the molecule is COc1ccc(C(=O)C2CCCO2)cc1C. The van der Waals surface area contributed by atoms with Crippen molar-refractivity contribution in [2.24, 2.45) is 0 Å². The third-order valence-corrected chi connectivity index (χ3v) is 2.90. The molecule has 1 heterocycles. The van der Waals surface area contributed by atoms with Crippen LogP contribution in [0.25, 0.3) is 0 Å². The van der Waals surface area contributed by atoms with Crippen molar-refractivity contribution in [3.63, 3.8) is 0 Å². The van der Waals surface area contributed by atoms with Gasteiger partial charge in [0.15, 0.2) is 5.78 Å². The molecule has 1 unspecified atom stereocenters. The first kappa shape index (κ1) is 11.1. The highest BCUT2D eigenvalue weighted by Gasteiger charge is 2.24. The Balaban J connectivity index is 2.20. The maximum atomic E-state index is 12.0. The molecule has 1 aliphatic rings.